The van der Waals surface area contributed by atoms with E-state index in [2.05, 4.69) is 26.8 Å². The Hall–Kier alpha value is -4.96. The number of para-hydroxylation sites is 3. The molecule has 0 amide bonds. The van der Waals surface area contributed by atoms with Crippen molar-refractivity contribution in [3.05, 3.63) is 119 Å². The predicted molar refractivity (Wildman–Crippen MR) is 134 cm³/mol. The molecule has 0 bridgehead atoms. The lowest BCUT2D eigenvalue weighted by atomic mass is 10.1. The summed E-state index contributed by atoms with van der Waals surface area (Å²) in [6, 6.07) is 32.2. The Morgan fingerprint density at radius 3 is 2.06 bits per heavy atom. The van der Waals surface area contributed by atoms with Crippen LogP contribution in [0.4, 0.5) is 11.4 Å². The average molecular weight is 460 g/mol. The highest BCUT2D eigenvalue weighted by molar-refractivity contribution is 5.99. The first-order valence-electron chi connectivity index (χ1n) is 11.1. The fraction of sp³-hybridized carbons (Fsp3) is 0.0714. The van der Waals surface area contributed by atoms with Crippen LogP contribution in [0.2, 0.25) is 0 Å². The van der Waals surface area contributed by atoms with Crippen molar-refractivity contribution in [2.24, 2.45) is 15.3 Å². The first-order valence-corrected chi connectivity index (χ1v) is 11.1. The number of fused-ring (bicyclic) bond motifs is 3. The molecule has 1 heterocycles. The molecular weight excluding hydrogens is 438 g/mol. The zero-order valence-corrected chi connectivity index (χ0v) is 18.8. The summed E-state index contributed by atoms with van der Waals surface area (Å²) in [7, 11) is 0. The highest BCUT2D eigenvalue weighted by atomic mass is 16.5. The van der Waals surface area contributed by atoms with Gasteiger partial charge in [0.2, 0.25) is 5.84 Å². The Labute approximate surface area is 203 Å². The minimum absolute atomic E-state index is 0.345. The van der Waals surface area contributed by atoms with Crippen LogP contribution in [0.3, 0.4) is 0 Å². The third-order valence-electron chi connectivity index (χ3n) is 5.44. The molecule has 7 nitrogen and oxygen atoms in total. The number of rotatable bonds is 1. The van der Waals surface area contributed by atoms with Crippen LogP contribution in [0.15, 0.2) is 112 Å². The molecule has 7 heteroatoms. The molecule has 0 spiro atoms. The van der Waals surface area contributed by atoms with Crippen LogP contribution in [0.1, 0.15) is 22.3 Å². The molecule has 0 unspecified atom stereocenters. The minimum atomic E-state index is 0.345. The number of benzene rings is 4. The van der Waals surface area contributed by atoms with Crippen LogP contribution >= 0.6 is 0 Å². The third-order valence-corrected chi connectivity index (χ3v) is 5.44. The molecule has 1 N–H and O–H groups in total. The van der Waals surface area contributed by atoms with Gasteiger partial charge in [0.05, 0.1) is 17.3 Å². The first-order chi connectivity index (χ1) is 17.3. The van der Waals surface area contributed by atoms with Crippen molar-refractivity contribution in [1.82, 2.24) is 0 Å². The number of hydrogen-bond donors (Lipinski definition) is 1. The molecule has 0 aromatic heterocycles. The van der Waals surface area contributed by atoms with Crippen LogP contribution in [0.5, 0.6) is 11.5 Å². The average Bonchev–Trinajstić information content (AvgIpc) is 2.92. The molecule has 1 aliphatic heterocycles. The molecular formula is C28H21N5O2. The van der Waals surface area contributed by atoms with E-state index in [0.717, 1.165) is 11.1 Å². The van der Waals surface area contributed by atoms with E-state index < -0.39 is 0 Å². The van der Waals surface area contributed by atoms with Crippen molar-refractivity contribution in [2.45, 2.75) is 13.2 Å². The van der Waals surface area contributed by atoms with Gasteiger partial charge in [-0.2, -0.15) is 10.4 Å². The number of nitriles is 1. The van der Waals surface area contributed by atoms with Crippen LogP contribution < -0.4 is 14.9 Å². The van der Waals surface area contributed by atoms with Crippen molar-refractivity contribution in [3.8, 4) is 17.6 Å². The zero-order chi connectivity index (χ0) is 23.9. The number of hydrogen-bond acceptors (Lipinski definition) is 7. The van der Waals surface area contributed by atoms with Crippen LogP contribution in [0, 0.1) is 11.3 Å². The number of amidine groups is 1. The van der Waals surface area contributed by atoms with Gasteiger partial charge in [0.25, 0.3) is 0 Å². The maximum absolute atomic E-state index is 9.14. The maximum Gasteiger partial charge on any atom is 0.201 e. The van der Waals surface area contributed by atoms with Gasteiger partial charge in [-0.3, -0.25) is 5.43 Å². The fourth-order valence-corrected chi connectivity index (χ4v) is 3.55. The van der Waals surface area contributed by atoms with Gasteiger partial charge in [-0.15, -0.1) is 10.2 Å². The van der Waals surface area contributed by atoms with Gasteiger partial charge >= 0.3 is 0 Å². The lowest BCUT2D eigenvalue weighted by molar-refractivity contribution is 0.286. The number of ether oxygens (including phenoxy) is 2. The molecule has 0 radical (unpaired) electrons. The molecule has 1 aliphatic rings. The van der Waals surface area contributed by atoms with Gasteiger partial charge in [0.15, 0.2) is 0 Å². The number of azo groups is 1. The second kappa shape index (κ2) is 10.3. The van der Waals surface area contributed by atoms with Crippen molar-refractivity contribution in [3.63, 3.8) is 0 Å². The summed E-state index contributed by atoms with van der Waals surface area (Å²) in [5.41, 5.74) is 7.64. The highest BCUT2D eigenvalue weighted by Crippen LogP contribution is 2.30. The molecule has 4 aromatic carbocycles. The van der Waals surface area contributed by atoms with Crippen LogP contribution in [0.25, 0.3) is 0 Å². The maximum atomic E-state index is 9.14. The van der Waals surface area contributed by atoms with E-state index in [4.69, 9.17) is 14.7 Å². The summed E-state index contributed by atoms with van der Waals surface area (Å²) in [6.45, 7) is 0.739. The van der Waals surface area contributed by atoms with Gasteiger partial charge in [0.1, 0.15) is 30.4 Å². The van der Waals surface area contributed by atoms with Crippen molar-refractivity contribution in [1.29, 1.82) is 5.26 Å². The van der Waals surface area contributed by atoms with E-state index in [9.17, 15) is 0 Å². The first kappa shape index (κ1) is 21.9. The zero-order valence-electron chi connectivity index (χ0n) is 18.8. The van der Waals surface area contributed by atoms with E-state index in [1.54, 1.807) is 24.3 Å². The third kappa shape index (κ3) is 5.18. The standard InChI is InChI=1S/C28H21N5O2/c29-17-20-13-15-21(16-14-20)28-32-30-24-9-3-5-11-26(24)34-18-22-7-1-2-8-23(22)19-35-27-12-6-4-10-25(27)31-33-28/h1-16,30H,18-19H2/b32-28-,33-31?. The molecule has 0 aliphatic carbocycles. The van der Waals surface area contributed by atoms with E-state index in [-0.39, 0.29) is 0 Å². The number of nitrogens with one attached hydrogen (secondary N) is 1. The summed E-state index contributed by atoms with van der Waals surface area (Å²) in [6.07, 6.45) is 0. The predicted octanol–water partition coefficient (Wildman–Crippen LogP) is 6.59. The van der Waals surface area contributed by atoms with Gasteiger partial charge < -0.3 is 9.47 Å². The molecule has 170 valence electrons. The SMILES string of the molecule is N#Cc1ccc(/C2=N/Nc3ccccc3OCc3ccccc3COc3ccccc3N=N2)cc1. The van der Waals surface area contributed by atoms with Crippen LogP contribution in [-0.4, -0.2) is 5.84 Å². The largest absolute Gasteiger partial charge is 0.487 e. The van der Waals surface area contributed by atoms with E-state index in [1.165, 1.54) is 0 Å². The summed E-state index contributed by atoms with van der Waals surface area (Å²) < 4.78 is 12.3. The second-order valence-corrected chi connectivity index (χ2v) is 7.75. The van der Waals surface area contributed by atoms with Gasteiger partial charge in [-0.1, -0.05) is 48.5 Å². The number of anilines is 1. The monoisotopic (exact) mass is 459 g/mol. The highest BCUT2D eigenvalue weighted by Gasteiger charge is 2.11. The summed E-state index contributed by atoms with van der Waals surface area (Å²) in [5.74, 6) is 1.61. The molecule has 35 heavy (non-hydrogen) atoms. The second-order valence-electron chi connectivity index (χ2n) is 7.75. The van der Waals surface area contributed by atoms with Gasteiger partial charge in [-0.25, -0.2) is 0 Å². The van der Waals surface area contributed by atoms with E-state index in [1.807, 2.05) is 72.8 Å². The molecule has 0 saturated carbocycles. The lowest BCUT2D eigenvalue weighted by Crippen LogP contribution is -2.05. The Bertz CT molecular complexity index is 1440. The van der Waals surface area contributed by atoms with Crippen LogP contribution in [-0.2, 0) is 13.2 Å². The number of nitrogens with zero attached hydrogens (tertiary/aromatic N) is 4. The quantitative estimate of drug-likeness (QED) is 0.348. The lowest BCUT2D eigenvalue weighted by Gasteiger charge is -2.14. The fourth-order valence-electron chi connectivity index (χ4n) is 3.55. The van der Waals surface area contributed by atoms with Crippen molar-refractivity contribution < 1.29 is 9.47 Å². The summed E-state index contributed by atoms with van der Waals surface area (Å²) in [5, 5.41) is 22.5. The van der Waals surface area contributed by atoms with Crippen molar-refractivity contribution >= 4 is 17.2 Å². The Balaban J connectivity index is 1.59. The molecule has 0 saturated heterocycles. The molecule has 4 aromatic rings. The smallest absolute Gasteiger partial charge is 0.201 e. The summed E-state index contributed by atoms with van der Waals surface area (Å²) >= 11 is 0. The minimum Gasteiger partial charge on any atom is -0.487 e. The van der Waals surface area contributed by atoms with Gasteiger partial charge in [0, 0.05) is 5.56 Å². The molecule has 0 atom stereocenters. The molecule has 5 rings (SSSR count). The Kier molecular flexibility index (Phi) is 6.45. The number of hydrazone groups is 1. The van der Waals surface area contributed by atoms with E-state index in [0.29, 0.717) is 53.1 Å². The topological polar surface area (TPSA) is 91.4 Å². The summed E-state index contributed by atoms with van der Waals surface area (Å²) in [4.78, 5) is 0. The van der Waals surface area contributed by atoms with Crippen molar-refractivity contribution in [2.75, 3.05) is 5.43 Å². The Morgan fingerprint density at radius 1 is 0.686 bits per heavy atom. The van der Waals surface area contributed by atoms with E-state index >= 15 is 0 Å². The normalized spacial score (nSPS) is 14.5. The van der Waals surface area contributed by atoms with Gasteiger partial charge in [-0.05, 0) is 59.7 Å². The Morgan fingerprint density at radius 2 is 1.31 bits per heavy atom. The molecule has 0 fully saturated rings.